The number of carboxylic acids is 1. The minimum atomic E-state index is -0.961. The number of carbonyl (C=O) groups is 2. The molecule has 0 aliphatic carbocycles. The van der Waals surface area contributed by atoms with Crippen LogP contribution in [0.2, 0.25) is 0 Å². The maximum atomic E-state index is 11.1. The molecule has 0 spiro atoms. The first-order chi connectivity index (χ1) is 7.91. The Morgan fingerprint density at radius 1 is 1.29 bits per heavy atom. The zero-order chi connectivity index (χ0) is 13.0. The van der Waals surface area contributed by atoms with Crippen LogP contribution in [0, 0.1) is 5.92 Å². The largest absolute Gasteiger partial charge is 0.478 e. The van der Waals surface area contributed by atoms with E-state index in [1.807, 2.05) is 19.9 Å². The molecule has 0 saturated heterocycles. The summed E-state index contributed by atoms with van der Waals surface area (Å²) in [5.41, 5.74) is 1.05. The molecule has 0 radical (unpaired) electrons. The van der Waals surface area contributed by atoms with Crippen LogP contribution < -0.4 is 5.32 Å². The van der Waals surface area contributed by atoms with E-state index in [9.17, 15) is 9.59 Å². The van der Waals surface area contributed by atoms with Crippen molar-refractivity contribution in [3.8, 4) is 0 Å². The highest BCUT2D eigenvalue weighted by atomic mass is 16.4. The molecule has 17 heavy (non-hydrogen) atoms. The van der Waals surface area contributed by atoms with Gasteiger partial charge in [-0.1, -0.05) is 26.0 Å². The second-order valence-corrected chi connectivity index (χ2v) is 4.35. The quantitative estimate of drug-likeness (QED) is 0.840. The molecule has 0 fully saturated rings. The van der Waals surface area contributed by atoms with Crippen molar-refractivity contribution in [3.05, 3.63) is 35.4 Å². The molecule has 1 rings (SSSR count). The highest BCUT2D eigenvalue weighted by molar-refractivity contribution is 5.87. The third kappa shape index (κ3) is 3.59. The molecule has 0 aliphatic heterocycles. The van der Waals surface area contributed by atoms with E-state index in [1.165, 1.54) is 13.0 Å². The maximum Gasteiger partial charge on any atom is 0.335 e. The van der Waals surface area contributed by atoms with Crippen molar-refractivity contribution in [2.45, 2.75) is 26.8 Å². The first kappa shape index (κ1) is 13.2. The van der Waals surface area contributed by atoms with Gasteiger partial charge in [-0.05, 0) is 23.6 Å². The number of carboxylic acid groups (broad SMARTS) is 1. The van der Waals surface area contributed by atoms with Crippen molar-refractivity contribution in [2.75, 3.05) is 0 Å². The van der Waals surface area contributed by atoms with Gasteiger partial charge in [0.2, 0.25) is 5.91 Å². The SMILES string of the molecule is CC(=O)NC(c1cccc(C(=O)O)c1)C(C)C. The van der Waals surface area contributed by atoms with Gasteiger partial charge in [-0.25, -0.2) is 4.79 Å². The van der Waals surface area contributed by atoms with E-state index >= 15 is 0 Å². The van der Waals surface area contributed by atoms with Gasteiger partial charge in [0.1, 0.15) is 0 Å². The number of amides is 1. The molecule has 1 amide bonds. The van der Waals surface area contributed by atoms with Gasteiger partial charge in [0.25, 0.3) is 0 Å². The normalized spacial score (nSPS) is 12.2. The van der Waals surface area contributed by atoms with Crippen LogP contribution >= 0.6 is 0 Å². The molecule has 0 bridgehead atoms. The van der Waals surface area contributed by atoms with Crippen LogP contribution in [0.4, 0.5) is 0 Å². The fraction of sp³-hybridized carbons (Fsp3) is 0.385. The van der Waals surface area contributed by atoms with Crippen molar-refractivity contribution in [1.82, 2.24) is 5.32 Å². The number of aromatic carboxylic acids is 1. The van der Waals surface area contributed by atoms with Gasteiger partial charge in [-0.2, -0.15) is 0 Å². The van der Waals surface area contributed by atoms with Gasteiger partial charge in [0, 0.05) is 6.92 Å². The summed E-state index contributed by atoms with van der Waals surface area (Å²) in [7, 11) is 0. The van der Waals surface area contributed by atoms with Crippen LogP contribution in [-0.2, 0) is 4.79 Å². The Balaban J connectivity index is 3.05. The van der Waals surface area contributed by atoms with Crippen molar-refractivity contribution < 1.29 is 14.7 Å². The lowest BCUT2D eigenvalue weighted by Crippen LogP contribution is -2.29. The number of rotatable bonds is 4. The number of nitrogens with one attached hydrogen (secondary N) is 1. The molecular weight excluding hydrogens is 218 g/mol. The predicted molar refractivity (Wildman–Crippen MR) is 64.8 cm³/mol. The topological polar surface area (TPSA) is 66.4 Å². The molecule has 0 aromatic heterocycles. The highest BCUT2D eigenvalue weighted by Gasteiger charge is 2.17. The molecule has 4 nitrogen and oxygen atoms in total. The second kappa shape index (κ2) is 5.48. The van der Waals surface area contributed by atoms with Crippen LogP contribution in [0.1, 0.15) is 42.7 Å². The molecular formula is C13H17NO3. The summed E-state index contributed by atoms with van der Waals surface area (Å²) in [5.74, 6) is -0.885. The lowest BCUT2D eigenvalue weighted by Gasteiger charge is -2.22. The van der Waals surface area contributed by atoms with Crippen molar-refractivity contribution in [2.24, 2.45) is 5.92 Å². The molecule has 2 N–H and O–H groups in total. The smallest absolute Gasteiger partial charge is 0.335 e. The van der Waals surface area contributed by atoms with E-state index in [2.05, 4.69) is 5.32 Å². The first-order valence-corrected chi connectivity index (χ1v) is 5.52. The van der Waals surface area contributed by atoms with Crippen LogP contribution in [0.5, 0.6) is 0 Å². The summed E-state index contributed by atoms with van der Waals surface area (Å²) in [6, 6.07) is 6.50. The highest BCUT2D eigenvalue weighted by Crippen LogP contribution is 2.22. The fourth-order valence-electron chi connectivity index (χ4n) is 1.72. The Morgan fingerprint density at radius 2 is 1.94 bits per heavy atom. The van der Waals surface area contributed by atoms with Crippen molar-refractivity contribution in [3.63, 3.8) is 0 Å². The molecule has 92 valence electrons. The number of hydrogen-bond donors (Lipinski definition) is 2. The third-order valence-corrected chi connectivity index (χ3v) is 2.52. The van der Waals surface area contributed by atoms with Gasteiger partial charge in [0.05, 0.1) is 11.6 Å². The molecule has 0 aliphatic rings. The average Bonchev–Trinajstić information content (AvgIpc) is 2.25. The van der Waals surface area contributed by atoms with E-state index < -0.39 is 5.97 Å². The second-order valence-electron chi connectivity index (χ2n) is 4.35. The van der Waals surface area contributed by atoms with Crippen molar-refractivity contribution in [1.29, 1.82) is 0 Å². The molecule has 0 heterocycles. The Kier molecular flexibility index (Phi) is 4.26. The Labute approximate surface area is 101 Å². The molecule has 4 heteroatoms. The number of hydrogen-bond acceptors (Lipinski definition) is 2. The van der Waals surface area contributed by atoms with Crippen molar-refractivity contribution >= 4 is 11.9 Å². The van der Waals surface area contributed by atoms with Crippen LogP contribution in [0.15, 0.2) is 24.3 Å². The van der Waals surface area contributed by atoms with Gasteiger partial charge in [-0.3, -0.25) is 4.79 Å². The molecule has 1 atom stereocenters. The zero-order valence-electron chi connectivity index (χ0n) is 10.2. The summed E-state index contributed by atoms with van der Waals surface area (Å²) in [6.07, 6.45) is 0. The first-order valence-electron chi connectivity index (χ1n) is 5.52. The molecule has 1 aromatic rings. The fourth-order valence-corrected chi connectivity index (χ4v) is 1.72. The minimum Gasteiger partial charge on any atom is -0.478 e. The van der Waals surface area contributed by atoms with Gasteiger partial charge in [-0.15, -0.1) is 0 Å². The number of benzene rings is 1. The zero-order valence-corrected chi connectivity index (χ0v) is 10.2. The summed E-state index contributed by atoms with van der Waals surface area (Å²) < 4.78 is 0. The maximum absolute atomic E-state index is 11.1. The average molecular weight is 235 g/mol. The van der Waals surface area contributed by atoms with E-state index in [1.54, 1.807) is 12.1 Å². The van der Waals surface area contributed by atoms with Crippen LogP contribution in [0.25, 0.3) is 0 Å². The summed E-state index contributed by atoms with van der Waals surface area (Å²) >= 11 is 0. The van der Waals surface area contributed by atoms with Gasteiger partial charge < -0.3 is 10.4 Å². The number of carbonyl (C=O) groups excluding carboxylic acids is 1. The van der Waals surface area contributed by atoms with E-state index in [4.69, 9.17) is 5.11 Å². The summed E-state index contributed by atoms with van der Waals surface area (Å²) in [4.78, 5) is 22.0. The standard InChI is InChI=1S/C13H17NO3/c1-8(2)12(14-9(3)15)10-5-4-6-11(7-10)13(16)17/h4-8,12H,1-3H3,(H,14,15)(H,16,17). The minimum absolute atomic E-state index is 0.121. The monoisotopic (exact) mass is 235 g/mol. The Hall–Kier alpha value is -1.84. The lowest BCUT2D eigenvalue weighted by molar-refractivity contribution is -0.120. The van der Waals surface area contributed by atoms with Crippen LogP contribution in [-0.4, -0.2) is 17.0 Å². The Bertz CT molecular complexity index is 426. The van der Waals surface area contributed by atoms with Crippen LogP contribution in [0.3, 0.4) is 0 Å². The predicted octanol–water partition coefficient (Wildman–Crippen LogP) is 2.22. The summed E-state index contributed by atoms with van der Waals surface area (Å²) in [6.45, 7) is 5.42. The van der Waals surface area contributed by atoms with E-state index in [0.29, 0.717) is 0 Å². The lowest BCUT2D eigenvalue weighted by atomic mass is 9.94. The van der Waals surface area contributed by atoms with E-state index in [-0.39, 0.29) is 23.4 Å². The summed E-state index contributed by atoms with van der Waals surface area (Å²) in [5, 5.41) is 11.8. The third-order valence-electron chi connectivity index (χ3n) is 2.52. The molecule has 0 saturated carbocycles. The molecule has 1 aromatic carbocycles. The van der Waals surface area contributed by atoms with Gasteiger partial charge in [0.15, 0.2) is 0 Å². The van der Waals surface area contributed by atoms with E-state index in [0.717, 1.165) is 5.56 Å². The van der Waals surface area contributed by atoms with Gasteiger partial charge >= 0.3 is 5.97 Å². The Morgan fingerprint density at radius 3 is 2.41 bits per heavy atom. The molecule has 1 unspecified atom stereocenters.